The first-order valence-electron chi connectivity index (χ1n) is 4.85. The normalized spacial score (nSPS) is 35.2. The predicted octanol–water partition coefficient (Wildman–Crippen LogP) is 1.53. The van der Waals surface area contributed by atoms with Crippen LogP contribution in [0.4, 0.5) is 0 Å². The van der Waals surface area contributed by atoms with E-state index in [4.69, 9.17) is 0 Å². The highest BCUT2D eigenvalue weighted by molar-refractivity contribution is 7.54. The Balaban J connectivity index is 2.91. The van der Waals surface area contributed by atoms with Gasteiger partial charge in [0.2, 0.25) is 0 Å². The Hall–Kier alpha value is -0.140. The molecule has 3 nitrogen and oxygen atoms in total. The Morgan fingerprint density at radius 2 is 1.57 bits per heavy atom. The summed E-state index contributed by atoms with van der Waals surface area (Å²) in [7, 11) is -1.37. The quantitative estimate of drug-likeness (QED) is 0.624. The van der Waals surface area contributed by atoms with Crippen LogP contribution in [0.5, 0.6) is 0 Å². The van der Waals surface area contributed by atoms with Crippen LogP contribution in [0, 0.1) is 5.92 Å². The first-order valence-corrected chi connectivity index (χ1v) is 6.11. The molecule has 0 N–H and O–H groups in total. The molecule has 1 aliphatic heterocycles. The van der Waals surface area contributed by atoms with Crippen LogP contribution in [0.1, 0.15) is 40.5 Å². The molecule has 1 rings (SSSR count). The highest BCUT2D eigenvalue weighted by Crippen LogP contribution is 2.64. The predicted molar refractivity (Wildman–Crippen MR) is 53.5 cm³/mol. The molecular formula is C10H17O3P-. The van der Waals surface area contributed by atoms with Gasteiger partial charge in [0, 0.05) is 22.2 Å². The van der Waals surface area contributed by atoms with E-state index in [2.05, 4.69) is 0 Å². The Bertz CT molecular complexity index is 230. The van der Waals surface area contributed by atoms with Gasteiger partial charge in [-0.25, -0.2) is 4.89 Å². The van der Waals surface area contributed by atoms with Crippen LogP contribution in [0.2, 0.25) is 0 Å². The van der Waals surface area contributed by atoms with E-state index in [1.807, 2.05) is 27.7 Å². The number of carbonyl (C=O) groups excluding carboxylic acids is 1. The minimum absolute atomic E-state index is 0.387. The first-order chi connectivity index (χ1) is 6.17. The van der Waals surface area contributed by atoms with Crippen LogP contribution in [-0.2, 0) is 9.69 Å². The Labute approximate surface area is 86.4 Å². The maximum absolute atomic E-state index is 12.1. The van der Waals surface area contributed by atoms with Gasteiger partial charge in [-0.3, -0.25) is 0 Å². The minimum Gasteiger partial charge on any atom is -0.550 e. The summed E-state index contributed by atoms with van der Waals surface area (Å²) in [5.74, 6) is -1.46. The highest BCUT2D eigenvalue weighted by Gasteiger charge is 2.48. The van der Waals surface area contributed by atoms with Crippen molar-refractivity contribution < 1.29 is 14.8 Å². The zero-order valence-corrected chi connectivity index (χ0v) is 10.1. The Morgan fingerprint density at radius 3 is 1.86 bits per heavy atom. The third kappa shape index (κ3) is 2.09. The average Bonchev–Trinajstić information content (AvgIpc) is 1.98. The van der Waals surface area contributed by atoms with Crippen molar-refractivity contribution in [3.05, 3.63) is 0 Å². The van der Waals surface area contributed by atoms with Crippen molar-refractivity contribution in [2.75, 3.05) is 0 Å². The molecule has 1 fully saturated rings. The number of hydrogen-bond donors (Lipinski definition) is 0. The molecule has 0 atom stereocenters. The molecule has 1 radical (unpaired) electrons. The lowest BCUT2D eigenvalue weighted by Gasteiger charge is -2.47. The van der Waals surface area contributed by atoms with Gasteiger partial charge in [0.1, 0.15) is 0 Å². The number of aliphatic carboxylic acids is 1. The van der Waals surface area contributed by atoms with Crippen molar-refractivity contribution >= 4 is 14.1 Å². The van der Waals surface area contributed by atoms with Gasteiger partial charge in [-0.15, -0.1) is 0 Å². The summed E-state index contributed by atoms with van der Waals surface area (Å²) in [4.78, 5) is 22.9. The van der Waals surface area contributed by atoms with Gasteiger partial charge >= 0.3 is 0 Å². The molecule has 81 valence electrons. The van der Waals surface area contributed by atoms with E-state index in [-0.39, 0.29) is 10.3 Å². The van der Waals surface area contributed by atoms with Crippen molar-refractivity contribution in [1.29, 1.82) is 0 Å². The van der Waals surface area contributed by atoms with Crippen molar-refractivity contribution in [2.24, 2.45) is 5.92 Å². The molecule has 0 bridgehead atoms. The third-order valence-corrected chi connectivity index (χ3v) is 5.49. The van der Waals surface area contributed by atoms with E-state index in [0.717, 1.165) is 0 Å². The maximum Gasteiger partial charge on any atom is 0.0827 e. The number of rotatable bonds is 1. The molecule has 0 unspecified atom stereocenters. The van der Waals surface area contributed by atoms with Crippen LogP contribution in [0.3, 0.4) is 0 Å². The van der Waals surface area contributed by atoms with Gasteiger partial charge in [0.05, 0.1) is 8.15 Å². The van der Waals surface area contributed by atoms with E-state index in [1.165, 1.54) is 0 Å². The minimum atomic E-state index is -1.37. The van der Waals surface area contributed by atoms with Gasteiger partial charge in [0.25, 0.3) is 0 Å². The van der Waals surface area contributed by atoms with Gasteiger partial charge in [0.15, 0.2) is 0 Å². The molecule has 1 heterocycles. The molecule has 0 aromatic heterocycles. The zero-order chi connectivity index (χ0) is 11.1. The molecule has 14 heavy (non-hydrogen) atoms. The second kappa shape index (κ2) is 3.46. The monoisotopic (exact) mass is 216 g/mol. The van der Waals surface area contributed by atoms with E-state index < -0.39 is 20.0 Å². The van der Waals surface area contributed by atoms with Gasteiger partial charge < -0.3 is 9.90 Å². The van der Waals surface area contributed by atoms with Gasteiger partial charge in [-0.05, 0) is 12.8 Å². The summed E-state index contributed by atoms with van der Waals surface area (Å²) in [6, 6.07) is 0. The zero-order valence-electron chi connectivity index (χ0n) is 9.16. The summed E-state index contributed by atoms with van der Waals surface area (Å²) < 4.78 is 0. The number of carboxylic acid groups (broad SMARTS) is 1. The van der Waals surface area contributed by atoms with E-state index in [1.54, 1.807) is 0 Å². The molecule has 1 aliphatic rings. The fourth-order valence-electron chi connectivity index (χ4n) is 2.43. The SMILES string of the molecule is CC1(C)CC(C(=O)[O-])CC(C)(C)P1[O]. The van der Waals surface area contributed by atoms with Crippen LogP contribution >= 0.6 is 8.15 Å². The summed E-state index contributed by atoms with van der Waals surface area (Å²) in [5.41, 5.74) is 0. The average molecular weight is 216 g/mol. The molecule has 0 aromatic rings. The Kier molecular flexibility index (Phi) is 2.95. The molecule has 0 amide bonds. The van der Waals surface area contributed by atoms with Crippen LogP contribution < -0.4 is 5.11 Å². The second-order valence-electron chi connectivity index (χ2n) is 5.34. The maximum atomic E-state index is 12.1. The third-order valence-electron chi connectivity index (χ3n) is 2.92. The van der Waals surface area contributed by atoms with Crippen LogP contribution in [0.15, 0.2) is 0 Å². The van der Waals surface area contributed by atoms with Crippen molar-refractivity contribution in [1.82, 2.24) is 0 Å². The Morgan fingerprint density at radius 1 is 1.21 bits per heavy atom. The smallest absolute Gasteiger partial charge is 0.0827 e. The largest absolute Gasteiger partial charge is 0.550 e. The highest BCUT2D eigenvalue weighted by atomic mass is 31.1. The number of carbonyl (C=O) groups is 1. The van der Waals surface area contributed by atoms with E-state index >= 15 is 0 Å². The molecule has 0 aliphatic carbocycles. The summed E-state index contributed by atoms with van der Waals surface area (Å²) in [6.07, 6.45) is 0.932. The standard InChI is InChI=1S/C10H18O3P/c1-9(2)5-7(8(11)12)6-10(3,4)14(9)13/h7H,5-6H2,1-4H3,(H,11,12)/p-1. The second-order valence-corrected chi connectivity index (χ2v) is 8.35. The molecular weight excluding hydrogens is 199 g/mol. The summed E-state index contributed by atoms with van der Waals surface area (Å²) in [5, 5.41) is 10.1. The lowest BCUT2D eigenvalue weighted by molar-refractivity contribution is -0.312. The van der Waals surface area contributed by atoms with Crippen molar-refractivity contribution in [3.63, 3.8) is 0 Å². The fraction of sp³-hybridized carbons (Fsp3) is 0.900. The van der Waals surface area contributed by atoms with Crippen LogP contribution in [0.25, 0.3) is 0 Å². The lowest BCUT2D eigenvalue weighted by Crippen LogP contribution is -2.45. The molecule has 0 aromatic carbocycles. The topological polar surface area (TPSA) is 60.0 Å². The van der Waals surface area contributed by atoms with Gasteiger partial charge in [-0.2, -0.15) is 0 Å². The fourth-order valence-corrected chi connectivity index (χ4v) is 4.84. The summed E-state index contributed by atoms with van der Waals surface area (Å²) >= 11 is 0. The molecule has 0 spiro atoms. The molecule has 1 saturated heterocycles. The van der Waals surface area contributed by atoms with E-state index in [0.29, 0.717) is 12.8 Å². The van der Waals surface area contributed by atoms with Gasteiger partial charge in [-0.1, -0.05) is 27.7 Å². The lowest BCUT2D eigenvalue weighted by atomic mass is 9.87. The van der Waals surface area contributed by atoms with Crippen molar-refractivity contribution in [2.45, 2.75) is 50.8 Å². The summed E-state index contributed by atoms with van der Waals surface area (Å²) in [6.45, 7) is 7.51. The molecule has 4 heteroatoms. The number of carboxylic acids is 1. The van der Waals surface area contributed by atoms with Crippen LogP contribution in [-0.4, -0.2) is 16.3 Å². The van der Waals surface area contributed by atoms with E-state index in [9.17, 15) is 14.8 Å². The first kappa shape index (κ1) is 11.9. The van der Waals surface area contributed by atoms with Crippen molar-refractivity contribution in [3.8, 4) is 0 Å². The number of hydrogen-bond acceptors (Lipinski definition) is 2. The molecule has 0 saturated carbocycles.